The van der Waals surface area contributed by atoms with Crippen molar-refractivity contribution < 1.29 is 22.0 Å². The highest BCUT2D eigenvalue weighted by atomic mass is 32.2. The van der Waals surface area contributed by atoms with Crippen molar-refractivity contribution in [3.8, 4) is 5.19 Å². The van der Waals surface area contributed by atoms with Crippen molar-refractivity contribution in [2.45, 2.75) is 25.9 Å². The van der Waals surface area contributed by atoms with Crippen molar-refractivity contribution in [3.63, 3.8) is 0 Å². The smallest absolute Gasteiger partial charge is 0.340 e. The highest BCUT2D eigenvalue weighted by molar-refractivity contribution is 7.90. The number of halogens is 1. The van der Waals surface area contributed by atoms with Gasteiger partial charge in [-0.15, -0.1) is 0 Å². The number of hydrogen-bond acceptors (Lipinski definition) is 7. The molecular weight excluding hydrogens is 445 g/mol. The Hall–Kier alpha value is -3.02. The van der Waals surface area contributed by atoms with E-state index in [0.29, 0.717) is 22.6 Å². The maximum Gasteiger partial charge on any atom is 0.340 e. The van der Waals surface area contributed by atoms with Gasteiger partial charge in [0.15, 0.2) is 5.82 Å². The molecular formula is C20H18FN3O5S2. The number of anilines is 1. The summed E-state index contributed by atoms with van der Waals surface area (Å²) in [5.74, 6) is -0.805. The van der Waals surface area contributed by atoms with Crippen LogP contribution in [0.25, 0.3) is 12.2 Å². The number of nitrogens with two attached hydrogens (primary N) is 1. The molecule has 0 amide bonds. The number of nitrogens with zero attached hydrogens (tertiary/aromatic N) is 1. The van der Waals surface area contributed by atoms with E-state index in [-0.39, 0.29) is 29.3 Å². The molecule has 0 spiro atoms. The summed E-state index contributed by atoms with van der Waals surface area (Å²) in [6, 6.07) is 4.19. The molecule has 0 saturated heterocycles. The van der Waals surface area contributed by atoms with Gasteiger partial charge in [-0.3, -0.25) is 4.72 Å². The number of aromatic nitrogens is 1. The molecule has 1 atom stereocenters. The third-order valence-corrected chi connectivity index (χ3v) is 5.99. The number of fused-ring (bicyclic) bond motifs is 1. The van der Waals surface area contributed by atoms with Gasteiger partial charge in [0, 0.05) is 35.2 Å². The quantitative estimate of drug-likeness (QED) is 0.565. The lowest BCUT2D eigenvalue weighted by atomic mass is 9.98. The van der Waals surface area contributed by atoms with Gasteiger partial charge in [-0.05, 0) is 30.2 Å². The van der Waals surface area contributed by atoms with Gasteiger partial charge in [0.05, 0.1) is 5.69 Å². The van der Waals surface area contributed by atoms with Crippen LogP contribution in [0.3, 0.4) is 0 Å². The molecule has 1 unspecified atom stereocenters. The van der Waals surface area contributed by atoms with Crippen LogP contribution in [-0.4, -0.2) is 19.5 Å². The normalized spacial score (nSPS) is 15.5. The van der Waals surface area contributed by atoms with Gasteiger partial charge >= 0.3 is 5.63 Å². The molecule has 0 bridgehead atoms. The highest BCUT2D eigenvalue weighted by Gasteiger charge is 2.19. The number of thiazole rings is 1. The third-order valence-electron chi connectivity index (χ3n) is 4.82. The van der Waals surface area contributed by atoms with E-state index < -0.39 is 21.7 Å². The second kappa shape index (κ2) is 8.25. The predicted octanol–water partition coefficient (Wildman–Crippen LogP) is 1.16. The zero-order chi connectivity index (χ0) is 22.2. The van der Waals surface area contributed by atoms with Crippen LogP contribution >= 0.6 is 11.3 Å². The minimum absolute atomic E-state index is 0.0691. The standard InChI is InChI=1S/C20H18FN3O5S2/c1-11-14-6-5-13(28-20-23-7-8-30-20)10-17(14)29-19(25)15(11)9-12-3-2-4-16(18(12)21)24-31(22,26)27/h2-4,6-8,10,13,24H,5,9H2,1H3,(H2,22,26,27). The first kappa shape index (κ1) is 21.2. The minimum atomic E-state index is -4.14. The Morgan fingerprint density at radius 3 is 2.94 bits per heavy atom. The topological polar surface area (TPSA) is 125 Å². The van der Waals surface area contributed by atoms with E-state index in [2.05, 4.69) is 4.98 Å². The van der Waals surface area contributed by atoms with E-state index in [0.717, 1.165) is 5.22 Å². The zero-order valence-electron chi connectivity index (χ0n) is 16.3. The van der Waals surface area contributed by atoms with Gasteiger partial charge in [-0.1, -0.05) is 29.5 Å². The number of hydrogen-bond donors (Lipinski definition) is 2. The lowest BCUT2D eigenvalue weighted by Gasteiger charge is -2.15. The highest BCUT2D eigenvalue weighted by Crippen LogP contribution is 2.21. The molecule has 11 heteroatoms. The molecule has 3 N–H and O–H groups in total. The number of benzene rings is 1. The summed E-state index contributed by atoms with van der Waals surface area (Å²) < 4.78 is 50.4. The molecule has 4 rings (SSSR count). The molecule has 0 fully saturated rings. The van der Waals surface area contributed by atoms with Gasteiger partial charge in [-0.2, -0.15) is 8.42 Å². The summed E-state index contributed by atoms with van der Waals surface area (Å²) in [4.78, 5) is 16.7. The van der Waals surface area contributed by atoms with Crippen molar-refractivity contribution in [2.75, 3.05) is 4.72 Å². The monoisotopic (exact) mass is 463 g/mol. The molecule has 1 aliphatic rings. The average Bonchev–Trinajstić information content (AvgIpc) is 3.19. The molecule has 162 valence electrons. The second-order valence-electron chi connectivity index (χ2n) is 6.93. The van der Waals surface area contributed by atoms with Crippen molar-refractivity contribution in [2.24, 2.45) is 5.14 Å². The molecule has 2 aromatic heterocycles. The van der Waals surface area contributed by atoms with Crippen LogP contribution in [0.4, 0.5) is 10.1 Å². The molecule has 8 nitrogen and oxygen atoms in total. The van der Waals surface area contributed by atoms with Crippen molar-refractivity contribution >= 4 is 39.4 Å². The van der Waals surface area contributed by atoms with Gasteiger partial charge in [0.25, 0.3) is 15.4 Å². The average molecular weight is 464 g/mol. The third kappa shape index (κ3) is 4.68. The number of ether oxygens (including phenoxy) is 1. The van der Waals surface area contributed by atoms with Crippen molar-refractivity contribution in [1.82, 2.24) is 4.98 Å². The van der Waals surface area contributed by atoms with Crippen molar-refractivity contribution in [3.05, 3.63) is 73.3 Å². The first-order valence-corrected chi connectivity index (χ1v) is 11.6. The fourth-order valence-corrected chi connectivity index (χ4v) is 4.39. The summed E-state index contributed by atoms with van der Waals surface area (Å²) in [7, 11) is -4.14. The van der Waals surface area contributed by atoms with Crippen LogP contribution in [0.5, 0.6) is 5.19 Å². The summed E-state index contributed by atoms with van der Waals surface area (Å²) >= 11 is 1.37. The first-order valence-electron chi connectivity index (χ1n) is 9.20. The lowest BCUT2D eigenvalue weighted by molar-refractivity contribution is 0.265. The fraction of sp³-hybridized carbons (Fsp3) is 0.200. The van der Waals surface area contributed by atoms with Gasteiger partial charge in [0.2, 0.25) is 0 Å². The summed E-state index contributed by atoms with van der Waals surface area (Å²) in [6.45, 7) is 1.77. The minimum Gasteiger partial charge on any atom is -0.462 e. The molecule has 2 heterocycles. The Bertz CT molecular complexity index is 1420. The molecule has 31 heavy (non-hydrogen) atoms. The summed E-state index contributed by atoms with van der Waals surface area (Å²) in [6.07, 6.45) is 5.45. The maximum absolute atomic E-state index is 14.8. The maximum atomic E-state index is 14.8. The van der Waals surface area contributed by atoms with Gasteiger partial charge in [-0.25, -0.2) is 19.3 Å². The van der Waals surface area contributed by atoms with Crippen LogP contribution in [-0.2, 0) is 16.6 Å². The van der Waals surface area contributed by atoms with Crippen LogP contribution in [0.1, 0.15) is 23.1 Å². The predicted molar refractivity (Wildman–Crippen MR) is 115 cm³/mol. The summed E-state index contributed by atoms with van der Waals surface area (Å²) in [5, 5.41) is 8.00. The Morgan fingerprint density at radius 1 is 1.42 bits per heavy atom. The largest absolute Gasteiger partial charge is 0.462 e. The van der Waals surface area contributed by atoms with Gasteiger partial charge in [0.1, 0.15) is 11.5 Å². The van der Waals surface area contributed by atoms with Crippen LogP contribution < -0.4 is 30.9 Å². The zero-order valence-corrected chi connectivity index (χ0v) is 17.9. The Labute approximate surface area is 180 Å². The Morgan fingerprint density at radius 2 is 2.23 bits per heavy atom. The van der Waals surface area contributed by atoms with Gasteiger partial charge < -0.3 is 9.15 Å². The Balaban J connectivity index is 1.68. The molecule has 1 aromatic carbocycles. The van der Waals surface area contributed by atoms with E-state index in [1.54, 1.807) is 24.6 Å². The Kier molecular flexibility index (Phi) is 5.65. The van der Waals surface area contributed by atoms with Crippen LogP contribution in [0.2, 0.25) is 0 Å². The molecule has 0 saturated carbocycles. The lowest BCUT2D eigenvalue weighted by Crippen LogP contribution is -2.39. The second-order valence-corrected chi connectivity index (χ2v) is 9.09. The van der Waals surface area contributed by atoms with Crippen LogP contribution in [0, 0.1) is 12.7 Å². The molecule has 0 aliphatic heterocycles. The van der Waals surface area contributed by atoms with Crippen LogP contribution in [0.15, 0.2) is 39.0 Å². The van der Waals surface area contributed by atoms with E-state index in [1.165, 1.54) is 29.5 Å². The van der Waals surface area contributed by atoms with E-state index >= 15 is 0 Å². The fourth-order valence-electron chi connectivity index (χ4n) is 3.39. The van der Waals surface area contributed by atoms with E-state index in [1.807, 2.05) is 10.8 Å². The number of rotatable bonds is 6. The molecule has 1 aliphatic carbocycles. The van der Waals surface area contributed by atoms with E-state index in [9.17, 15) is 17.6 Å². The number of nitrogens with one attached hydrogen (secondary N) is 1. The summed E-state index contributed by atoms with van der Waals surface area (Å²) in [5.41, 5.74) is 0.591. The molecule has 0 radical (unpaired) electrons. The van der Waals surface area contributed by atoms with E-state index in [4.69, 9.17) is 14.3 Å². The molecule has 3 aromatic rings. The SMILES string of the molecule is Cc1c(Cc2cccc(NS(N)(=O)=O)c2F)c(=O)oc2c1=CCC(Oc1nccs1)C=2. The van der Waals surface area contributed by atoms with Crippen molar-refractivity contribution in [1.29, 1.82) is 0 Å². The first-order chi connectivity index (χ1) is 14.7.